The minimum absolute atomic E-state index is 0.193. The average Bonchev–Trinajstić information content (AvgIpc) is 3.13. The summed E-state index contributed by atoms with van der Waals surface area (Å²) in [6.45, 7) is 0. The Kier molecular flexibility index (Phi) is 5.57. The standard InChI is InChI=1S/C19H19NO6S/c21-18(16-9-10-17(26-16)19(22)23)20-14-6-4-5-13(11-14)12-27(24,25)15-7-2-1-3-8-15/h1-8,11,16-17H,9-10,12H2,(H,20,21)(H,22,23)/t16-,17+/m0/s1. The van der Waals surface area contributed by atoms with Crippen molar-refractivity contribution >= 4 is 27.4 Å². The molecule has 0 bridgehead atoms. The molecule has 142 valence electrons. The smallest absolute Gasteiger partial charge is 0.332 e. The maximum Gasteiger partial charge on any atom is 0.332 e. The van der Waals surface area contributed by atoms with Crippen LogP contribution in [0.15, 0.2) is 59.5 Å². The van der Waals surface area contributed by atoms with Crippen LogP contribution in [0.2, 0.25) is 0 Å². The Balaban J connectivity index is 1.67. The first kappa shape index (κ1) is 19.1. The molecule has 1 saturated heterocycles. The van der Waals surface area contributed by atoms with Crippen molar-refractivity contribution in [3.05, 3.63) is 60.2 Å². The normalized spacial score (nSPS) is 19.6. The molecule has 1 heterocycles. The summed E-state index contributed by atoms with van der Waals surface area (Å²) in [5.74, 6) is -1.72. The minimum Gasteiger partial charge on any atom is -0.479 e. The number of amides is 1. The largest absolute Gasteiger partial charge is 0.479 e. The van der Waals surface area contributed by atoms with Crippen molar-refractivity contribution in [2.24, 2.45) is 0 Å². The highest BCUT2D eigenvalue weighted by molar-refractivity contribution is 7.90. The van der Waals surface area contributed by atoms with Crippen LogP contribution in [0.3, 0.4) is 0 Å². The molecular weight excluding hydrogens is 370 g/mol. The zero-order valence-corrected chi connectivity index (χ0v) is 15.2. The van der Waals surface area contributed by atoms with Gasteiger partial charge in [-0.3, -0.25) is 4.79 Å². The fraction of sp³-hybridized carbons (Fsp3) is 0.263. The van der Waals surface area contributed by atoms with Crippen molar-refractivity contribution in [3.8, 4) is 0 Å². The number of carboxylic acids is 1. The van der Waals surface area contributed by atoms with Gasteiger partial charge in [0.15, 0.2) is 15.9 Å². The molecule has 0 radical (unpaired) electrons. The van der Waals surface area contributed by atoms with Crippen LogP contribution in [0.25, 0.3) is 0 Å². The molecule has 27 heavy (non-hydrogen) atoms. The van der Waals surface area contributed by atoms with E-state index in [1.165, 1.54) is 12.1 Å². The Morgan fingerprint density at radius 3 is 2.41 bits per heavy atom. The lowest BCUT2D eigenvalue weighted by atomic mass is 10.1. The van der Waals surface area contributed by atoms with Crippen LogP contribution in [0.4, 0.5) is 5.69 Å². The van der Waals surface area contributed by atoms with Gasteiger partial charge in [-0.15, -0.1) is 0 Å². The quantitative estimate of drug-likeness (QED) is 0.784. The zero-order chi connectivity index (χ0) is 19.4. The van der Waals surface area contributed by atoms with Crippen molar-refractivity contribution in [3.63, 3.8) is 0 Å². The van der Waals surface area contributed by atoms with E-state index in [-0.39, 0.29) is 17.1 Å². The van der Waals surface area contributed by atoms with Gasteiger partial charge >= 0.3 is 5.97 Å². The molecule has 1 fully saturated rings. The summed E-state index contributed by atoms with van der Waals surface area (Å²) in [4.78, 5) is 23.4. The van der Waals surface area contributed by atoms with Crippen LogP contribution >= 0.6 is 0 Å². The van der Waals surface area contributed by atoms with Gasteiger partial charge in [0.05, 0.1) is 10.6 Å². The van der Waals surface area contributed by atoms with Gasteiger partial charge in [-0.1, -0.05) is 30.3 Å². The molecule has 1 amide bonds. The summed E-state index contributed by atoms with van der Waals surface area (Å²) in [5, 5.41) is 11.6. The van der Waals surface area contributed by atoms with E-state index in [1.807, 2.05) is 0 Å². The summed E-state index contributed by atoms with van der Waals surface area (Å²) >= 11 is 0. The Bertz CT molecular complexity index is 942. The molecule has 2 atom stereocenters. The van der Waals surface area contributed by atoms with E-state index in [0.717, 1.165) is 0 Å². The predicted molar refractivity (Wildman–Crippen MR) is 97.9 cm³/mol. The summed E-state index contributed by atoms with van der Waals surface area (Å²) in [6, 6.07) is 14.7. The van der Waals surface area contributed by atoms with Gasteiger partial charge in [0.2, 0.25) is 0 Å². The van der Waals surface area contributed by atoms with Gasteiger partial charge in [-0.25, -0.2) is 13.2 Å². The molecule has 3 rings (SSSR count). The Hall–Kier alpha value is -2.71. The van der Waals surface area contributed by atoms with Gasteiger partial charge in [0.1, 0.15) is 6.10 Å². The predicted octanol–water partition coefficient (Wildman–Crippen LogP) is 2.23. The fourth-order valence-electron chi connectivity index (χ4n) is 2.90. The lowest BCUT2D eigenvalue weighted by molar-refractivity contribution is -0.150. The number of benzene rings is 2. The van der Waals surface area contributed by atoms with Gasteiger partial charge in [-0.05, 0) is 42.7 Å². The maximum absolute atomic E-state index is 12.5. The molecule has 0 spiro atoms. The summed E-state index contributed by atoms with van der Waals surface area (Å²) in [7, 11) is -3.49. The summed E-state index contributed by atoms with van der Waals surface area (Å²) in [5.41, 5.74) is 0.968. The van der Waals surface area contributed by atoms with Crippen LogP contribution in [0, 0.1) is 0 Å². The van der Waals surface area contributed by atoms with Crippen molar-refractivity contribution in [1.82, 2.24) is 0 Å². The molecular formula is C19H19NO6S. The first-order valence-corrected chi connectivity index (χ1v) is 10.1. The molecule has 0 saturated carbocycles. The molecule has 2 aromatic carbocycles. The Morgan fingerprint density at radius 2 is 1.74 bits per heavy atom. The third-order valence-electron chi connectivity index (χ3n) is 4.24. The number of ether oxygens (including phenoxy) is 1. The van der Waals surface area contributed by atoms with Crippen molar-refractivity contribution in [2.45, 2.75) is 35.7 Å². The van der Waals surface area contributed by atoms with Gasteiger partial charge < -0.3 is 15.2 Å². The highest BCUT2D eigenvalue weighted by Crippen LogP contribution is 2.23. The number of rotatable bonds is 6. The fourth-order valence-corrected chi connectivity index (χ4v) is 4.26. The van der Waals surface area contributed by atoms with Gasteiger partial charge in [-0.2, -0.15) is 0 Å². The van der Waals surface area contributed by atoms with Crippen LogP contribution in [0.1, 0.15) is 18.4 Å². The first-order valence-electron chi connectivity index (χ1n) is 8.41. The Morgan fingerprint density at radius 1 is 1.04 bits per heavy atom. The minimum atomic E-state index is -3.49. The second-order valence-electron chi connectivity index (χ2n) is 6.29. The number of carbonyl (C=O) groups is 2. The van der Waals surface area contributed by atoms with E-state index < -0.39 is 33.9 Å². The van der Waals surface area contributed by atoms with Crippen molar-refractivity contribution < 1.29 is 27.9 Å². The van der Waals surface area contributed by atoms with Crippen molar-refractivity contribution in [2.75, 3.05) is 5.32 Å². The second-order valence-corrected chi connectivity index (χ2v) is 8.28. The molecule has 7 nitrogen and oxygen atoms in total. The van der Waals surface area contributed by atoms with Gasteiger partial charge in [0, 0.05) is 5.69 Å². The first-order chi connectivity index (χ1) is 12.8. The number of nitrogens with one attached hydrogen (secondary N) is 1. The lowest BCUT2D eigenvalue weighted by Gasteiger charge is -2.12. The maximum atomic E-state index is 12.5. The Labute approximate surface area is 156 Å². The molecule has 0 aromatic heterocycles. The molecule has 1 aliphatic rings. The van der Waals surface area contributed by atoms with E-state index in [1.54, 1.807) is 42.5 Å². The molecule has 2 aromatic rings. The van der Waals surface area contributed by atoms with Crippen molar-refractivity contribution in [1.29, 1.82) is 0 Å². The van der Waals surface area contributed by atoms with Crippen LogP contribution in [-0.2, 0) is 29.9 Å². The van der Waals surface area contributed by atoms with Crippen LogP contribution in [0.5, 0.6) is 0 Å². The number of aliphatic carboxylic acids is 1. The van der Waals surface area contributed by atoms with E-state index >= 15 is 0 Å². The van der Waals surface area contributed by atoms with Gasteiger partial charge in [0.25, 0.3) is 5.91 Å². The third-order valence-corrected chi connectivity index (χ3v) is 5.94. The highest BCUT2D eigenvalue weighted by atomic mass is 32.2. The van der Waals surface area contributed by atoms with Crippen LogP contribution in [-0.4, -0.2) is 37.6 Å². The number of anilines is 1. The molecule has 0 aliphatic carbocycles. The molecule has 1 aliphatic heterocycles. The van der Waals surface area contributed by atoms with Crippen LogP contribution < -0.4 is 5.32 Å². The third kappa shape index (κ3) is 4.72. The topological polar surface area (TPSA) is 110 Å². The number of carbonyl (C=O) groups excluding carboxylic acids is 1. The zero-order valence-electron chi connectivity index (χ0n) is 14.4. The van der Waals surface area contributed by atoms with E-state index in [2.05, 4.69) is 5.32 Å². The number of hydrogen-bond donors (Lipinski definition) is 2. The van der Waals surface area contributed by atoms with E-state index in [0.29, 0.717) is 17.7 Å². The lowest BCUT2D eigenvalue weighted by Crippen LogP contribution is -2.29. The highest BCUT2D eigenvalue weighted by Gasteiger charge is 2.34. The second kappa shape index (κ2) is 7.89. The average molecular weight is 389 g/mol. The monoisotopic (exact) mass is 389 g/mol. The summed E-state index contributed by atoms with van der Waals surface area (Å²) < 4.78 is 30.2. The van der Waals surface area contributed by atoms with E-state index in [4.69, 9.17) is 9.84 Å². The molecule has 8 heteroatoms. The molecule has 2 N–H and O–H groups in total. The number of hydrogen-bond acceptors (Lipinski definition) is 5. The van der Waals surface area contributed by atoms with E-state index in [9.17, 15) is 18.0 Å². The molecule has 0 unspecified atom stereocenters. The SMILES string of the molecule is O=C(Nc1cccc(CS(=O)(=O)c2ccccc2)c1)[C@@H]1CC[C@H](C(=O)O)O1. The number of carboxylic acid groups (broad SMARTS) is 1. The summed E-state index contributed by atoms with van der Waals surface area (Å²) in [6.07, 6.45) is -1.20. The number of sulfone groups is 1.